The second-order valence-corrected chi connectivity index (χ2v) is 4.02. The van der Waals surface area contributed by atoms with Gasteiger partial charge in [-0.15, -0.1) is 0 Å². The Balaban J connectivity index is 3.04. The highest BCUT2D eigenvalue weighted by molar-refractivity contribution is 7.46. The highest BCUT2D eigenvalue weighted by Gasteiger charge is 2.19. The molecule has 0 unspecified atom stereocenters. The molecule has 7 nitrogen and oxygen atoms in total. The third-order valence-electron chi connectivity index (χ3n) is 1.34. The SMILES string of the molecule is O=[N+]([O-])c1ccc(OP(=O)(O)O)c(Cl)c1. The number of nitro benzene ring substituents is 1. The van der Waals surface area contributed by atoms with Gasteiger partial charge < -0.3 is 4.52 Å². The van der Waals surface area contributed by atoms with E-state index in [2.05, 4.69) is 4.52 Å². The van der Waals surface area contributed by atoms with Crippen LogP contribution in [0.2, 0.25) is 5.02 Å². The fraction of sp³-hybridized carbons (Fsp3) is 0. The minimum absolute atomic E-state index is 0.243. The molecular weight excluding hydrogens is 248 g/mol. The van der Waals surface area contributed by atoms with Crippen LogP contribution in [0, 0.1) is 10.1 Å². The summed E-state index contributed by atoms with van der Waals surface area (Å²) in [6.45, 7) is 0. The van der Waals surface area contributed by atoms with Gasteiger partial charge >= 0.3 is 7.82 Å². The van der Waals surface area contributed by atoms with Gasteiger partial charge in [0.2, 0.25) is 0 Å². The van der Waals surface area contributed by atoms with E-state index in [4.69, 9.17) is 21.4 Å². The van der Waals surface area contributed by atoms with Gasteiger partial charge in [0.1, 0.15) is 0 Å². The lowest BCUT2D eigenvalue weighted by Crippen LogP contribution is -1.92. The number of nitro groups is 1. The van der Waals surface area contributed by atoms with Gasteiger partial charge in [-0.05, 0) is 6.07 Å². The summed E-state index contributed by atoms with van der Waals surface area (Å²) in [5, 5.41) is 10.1. The summed E-state index contributed by atoms with van der Waals surface area (Å²) in [6, 6.07) is 2.98. The van der Waals surface area contributed by atoms with Gasteiger partial charge in [0, 0.05) is 12.1 Å². The summed E-state index contributed by atoms with van der Waals surface area (Å²) in [5.74, 6) is -0.310. The molecule has 15 heavy (non-hydrogen) atoms. The van der Waals surface area contributed by atoms with Crippen molar-refractivity contribution in [3.05, 3.63) is 33.3 Å². The summed E-state index contributed by atoms with van der Waals surface area (Å²) in [4.78, 5) is 26.6. The van der Waals surface area contributed by atoms with Crippen molar-refractivity contribution in [3.8, 4) is 5.75 Å². The van der Waals surface area contributed by atoms with Crippen LogP contribution in [0.4, 0.5) is 5.69 Å². The normalized spacial score (nSPS) is 11.1. The first-order valence-electron chi connectivity index (χ1n) is 3.49. The maximum atomic E-state index is 10.5. The molecule has 0 saturated carbocycles. The van der Waals surface area contributed by atoms with Gasteiger partial charge in [-0.1, -0.05) is 11.6 Å². The van der Waals surface area contributed by atoms with Crippen molar-refractivity contribution in [1.29, 1.82) is 0 Å². The Kier molecular flexibility index (Phi) is 3.31. The smallest absolute Gasteiger partial charge is 0.403 e. The number of halogens is 1. The fourth-order valence-corrected chi connectivity index (χ4v) is 1.49. The first-order valence-corrected chi connectivity index (χ1v) is 5.39. The first kappa shape index (κ1) is 11.9. The molecule has 0 heterocycles. The van der Waals surface area contributed by atoms with E-state index in [0.29, 0.717) is 0 Å². The number of hydrogen-bond acceptors (Lipinski definition) is 4. The lowest BCUT2D eigenvalue weighted by Gasteiger charge is -2.07. The number of phosphoric ester groups is 1. The first-order chi connectivity index (χ1) is 6.79. The molecule has 0 fully saturated rings. The molecule has 0 bridgehead atoms. The molecule has 9 heteroatoms. The number of phosphoric acid groups is 1. The predicted octanol–water partition coefficient (Wildman–Crippen LogP) is 1.72. The van der Waals surface area contributed by atoms with E-state index in [1.165, 1.54) is 0 Å². The van der Waals surface area contributed by atoms with E-state index in [9.17, 15) is 14.7 Å². The average molecular weight is 254 g/mol. The molecule has 1 aromatic rings. The monoisotopic (exact) mass is 253 g/mol. The maximum absolute atomic E-state index is 10.5. The Hall–Kier alpha value is -1.14. The largest absolute Gasteiger partial charge is 0.524 e. The second-order valence-electron chi connectivity index (χ2n) is 2.45. The molecule has 0 spiro atoms. The third-order valence-corrected chi connectivity index (χ3v) is 2.07. The van der Waals surface area contributed by atoms with Crippen molar-refractivity contribution in [1.82, 2.24) is 0 Å². The molecular formula is C6H5ClNO6P. The molecule has 0 saturated heterocycles. The zero-order chi connectivity index (χ0) is 11.6. The zero-order valence-corrected chi connectivity index (χ0v) is 8.68. The highest BCUT2D eigenvalue weighted by atomic mass is 35.5. The van der Waals surface area contributed by atoms with E-state index in [1.807, 2.05) is 0 Å². The van der Waals surface area contributed by atoms with Crippen molar-refractivity contribution >= 4 is 25.1 Å². The number of nitrogens with zero attached hydrogens (tertiary/aromatic N) is 1. The number of non-ortho nitro benzene ring substituents is 1. The molecule has 0 aliphatic rings. The quantitative estimate of drug-likeness (QED) is 0.482. The van der Waals surface area contributed by atoms with Crippen LogP contribution in [0.3, 0.4) is 0 Å². The van der Waals surface area contributed by atoms with E-state index in [0.717, 1.165) is 18.2 Å². The molecule has 1 rings (SSSR count). The maximum Gasteiger partial charge on any atom is 0.524 e. The molecule has 0 aliphatic carbocycles. The van der Waals surface area contributed by atoms with Gasteiger partial charge in [0.05, 0.1) is 9.95 Å². The van der Waals surface area contributed by atoms with E-state index < -0.39 is 12.7 Å². The Morgan fingerprint density at radius 1 is 1.47 bits per heavy atom. The Morgan fingerprint density at radius 2 is 2.07 bits per heavy atom. The van der Waals surface area contributed by atoms with Crippen LogP contribution in [0.25, 0.3) is 0 Å². The van der Waals surface area contributed by atoms with Crippen molar-refractivity contribution in [2.45, 2.75) is 0 Å². The summed E-state index contributed by atoms with van der Waals surface area (Å²) >= 11 is 5.51. The van der Waals surface area contributed by atoms with Crippen LogP contribution in [0.1, 0.15) is 0 Å². The Morgan fingerprint density at radius 3 is 2.47 bits per heavy atom. The van der Waals surface area contributed by atoms with E-state index in [-0.39, 0.29) is 16.5 Å². The number of benzene rings is 1. The molecule has 0 aliphatic heterocycles. The molecule has 0 radical (unpaired) electrons. The number of hydrogen-bond donors (Lipinski definition) is 2. The summed E-state index contributed by atoms with van der Waals surface area (Å²) in [5.41, 5.74) is -0.293. The van der Waals surface area contributed by atoms with Crippen molar-refractivity contribution < 1.29 is 23.8 Å². The molecule has 0 amide bonds. The molecule has 82 valence electrons. The standard InChI is InChI=1S/C6H5ClNO6P/c7-5-3-4(8(9)10)1-2-6(5)14-15(11,12)13/h1-3H,(H2,11,12,13). The van der Waals surface area contributed by atoms with Crippen LogP contribution < -0.4 is 4.52 Å². The Bertz CT molecular complexity index is 443. The minimum Gasteiger partial charge on any atom is -0.403 e. The summed E-state index contributed by atoms with van der Waals surface area (Å²) in [7, 11) is -4.71. The van der Waals surface area contributed by atoms with Crippen molar-refractivity contribution in [2.24, 2.45) is 0 Å². The van der Waals surface area contributed by atoms with Gasteiger partial charge in [-0.2, -0.15) is 0 Å². The number of rotatable bonds is 3. The van der Waals surface area contributed by atoms with E-state index >= 15 is 0 Å². The topological polar surface area (TPSA) is 110 Å². The Labute approximate surface area is 88.6 Å². The van der Waals surface area contributed by atoms with Gasteiger partial charge in [-0.3, -0.25) is 19.9 Å². The fourth-order valence-electron chi connectivity index (χ4n) is 0.805. The summed E-state index contributed by atoms with van der Waals surface area (Å²) < 4.78 is 14.6. The van der Waals surface area contributed by atoms with Crippen LogP contribution in [-0.2, 0) is 4.57 Å². The van der Waals surface area contributed by atoms with Gasteiger partial charge in [0.25, 0.3) is 5.69 Å². The lowest BCUT2D eigenvalue weighted by atomic mass is 10.3. The zero-order valence-electron chi connectivity index (χ0n) is 7.03. The van der Waals surface area contributed by atoms with Crippen LogP contribution >= 0.6 is 19.4 Å². The highest BCUT2D eigenvalue weighted by Crippen LogP contribution is 2.41. The summed E-state index contributed by atoms with van der Waals surface area (Å²) in [6.07, 6.45) is 0. The van der Waals surface area contributed by atoms with Crippen LogP contribution in [0.5, 0.6) is 5.75 Å². The average Bonchev–Trinajstić information content (AvgIpc) is 2.05. The third kappa shape index (κ3) is 3.49. The molecule has 1 aromatic carbocycles. The van der Waals surface area contributed by atoms with Crippen LogP contribution in [-0.4, -0.2) is 14.7 Å². The lowest BCUT2D eigenvalue weighted by molar-refractivity contribution is -0.384. The van der Waals surface area contributed by atoms with Gasteiger partial charge in [-0.25, -0.2) is 4.57 Å². The molecule has 0 aromatic heterocycles. The molecule has 0 atom stereocenters. The molecule has 2 N–H and O–H groups in total. The van der Waals surface area contributed by atoms with E-state index in [1.54, 1.807) is 0 Å². The predicted molar refractivity (Wildman–Crippen MR) is 50.8 cm³/mol. The minimum atomic E-state index is -4.71. The second kappa shape index (κ2) is 4.16. The van der Waals surface area contributed by atoms with Gasteiger partial charge in [0.15, 0.2) is 5.75 Å². The van der Waals surface area contributed by atoms with Crippen molar-refractivity contribution in [3.63, 3.8) is 0 Å². The van der Waals surface area contributed by atoms with Crippen molar-refractivity contribution in [2.75, 3.05) is 0 Å². The van der Waals surface area contributed by atoms with Crippen LogP contribution in [0.15, 0.2) is 18.2 Å².